The summed E-state index contributed by atoms with van der Waals surface area (Å²) in [7, 11) is 2.09. The lowest BCUT2D eigenvalue weighted by molar-refractivity contribution is 0.596. The predicted molar refractivity (Wildman–Crippen MR) is 129 cm³/mol. The molecule has 2 aromatic carbocycles. The largest absolute Gasteiger partial charge is 0.396 e. The predicted octanol–water partition coefficient (Wildman–Crippen LogP) is 7.81. The van der Waals surface area contributed by atoms with Gasteiger partial charge in [0.1, 0.15) is 0 Å². The molecule has 3 aromatic rings. The van der Waals surface area contributed by atoms with E-state index in [2.05, 4.69) is 80.9 Å². The molecule has 0 aliphatic heterocycles. The Kier molecular flexibility index (Phi) is 8.56. The Morgan fingerprint density at radius 3 is 1.96 bits per heavy atom. The lowest BCUT2D eigenvalue weighted by atomic mass is 9.82. The van der Waals surface area contributed by atoms with Crippen molar-refractivity contribution in [1.82, 2.24) is 4.57 Å². The number of nitrogens with zero attached hydrogens (tertiary/aromatic N) is 1. The zero-order chi connectivity index (χ0) is 21.5. The van der Waals surface area contributed by atoms with Crippen LogP contribution in [0.3, 0.4) is 0 Å². The second-order valence-electron chi connectivity index (χ2n) is 7.39. The van der Waals surface area contributed by atoms with Gasteiger partial charge in [0.2, 0.25) is 0 Å². The molecular weight excluding hydrogens is 340 g/mol. The molecule has 2 N–H and O–H groups in total. The van der Waals surface area contributed by atoms with Gasteiger partial charge in [0.25, 0.3) is 0 Å². The first-order valence-corrected chi connectivity index (χ1v) is 10.4. The van der Waals surface area contributed by atoms with Gasteiger partial charge in [0, 0.05) is 12.4 Å². The van der Waals surface area contributed by atoms with E-state index >= 15 is 0 Å². The van der Waals surface area contributed by atoms with Gasteiger partial charge in [-0.15, -0.1) is 0 Å². The Labute approximate surface area is 172 Å². The summed E-state index contributed by atoms with van der Waals surface area (Å²) in [5.41, 5.74) is 13.5. The first kappa shape index (κ1) is 23.6. The molecule has 0 amide bonds. The SMILES string of the molecule is C/C=C\c1c(N)c2c(C(C)(C)C)cc(-c3ccccc3)cc2n1C.CC.CC. The minimum Gasteiger partial charge on any atom is -0.396 e. The first-order valence-electron chi connectivity index (χ1n) is 10.4. The highest BCUT2D eigenvalue weighted by Crippen LogP contribution is 2.40. The third-order valence-corrected chi connectivity index (χ3v) is 4.63. The van der Waals surface area contributed by atoms with Crippen LogP contribution in [-0.4, -0.2) is 4.57 Å². The number of hydrogen-bond donors (Lipinski definition) is 1. The van der Waals surface area contributed by atoms with Crippen LogP contribution >= 0.6 is 0 Å². The van der Waals surface area contributed by atoms with Crippen molar-refractivity contribution in [1.29, 1.82) is 0 Å². The van der Waals surface area contributed by atoms with Gasteiger partial charge in [-0.05, 0) is 47.2 Å². The number of allylic oxidation sites excluding steroid dienone is 1. The molecular formula is C26H38N2. The standard InChI is InChI=1S/C22H26N2.2C2H6/c1-6-10-18-21(23)20-17(22(2,3)4)13-16(14-19(20)24(18)5)15-11-8-7-9-12-15;2*1-2/h6-14H,23H2,1-5H3;2*1-2H3/b10-6-;;. The van der Waals surface area contributed by atoms with Crippen molar-refractivity contribution in [2.75, 3.05) is 5.73 Å². The molecule has 1 aromatic heterocycles. The lowest BCUT2D eigenvalue weighted by Gasteiger charge is -2.22. The van der Waals surface area contributed by atoms with Crippen molar-refractivity contribution in [2.24, 2.45) is 7.05 Å². The molecule has 0 aliphatic carbocycles. The summed E-state index contributed by atoms with van der Waals surface area (Å²) in [6, 6.07) is 15.1. The topological polar surface area (TPSA) is 30.9 Å². The van der Waals surface area contributed by atoms with E-state index in [4.69, 9.17) is 5.73 Å². The van der Waals surface area contributed by atoms with Crippen LogP contribution in [0.25, 0.3) is 28.1 Å². The van der Waals surface area contributed by atoms with Crippen molar-refractivity contribution in [3.8, 4) is 11.1 Å². The molecule has 152 valence electrons. The van der Waals surface area contributed by atoms with E-state index in [-0.39, 0.29) is 5.41 Å². The molecule has 0 saturated carbocycles. The zero-order valence-electron chi connectivity index (χ0n) is 19.2. The van der Waals surface area contributed by atoms with Crippen molar-refractivity contribution >= 4 is 22.7 Å². The van der Waals surface area contributed by atoms with Crippen molar-refractivity contribution < 1.29 is 0 Å². The second-order valence-corrected chi connectivity index (χ2v) is 7.39. The van der Waals surface area contributed by atoms with Crippen LogP contribution in [0.1, 0.15) is 66.6 Å². The smallest absolute Gasteiger partial charge is 0.0653 e. The zero-order valence-corrected chi connectivity index (χ0v) is 19.2. The molecule has 0 atom stereocenters. The van der Waals surface area contributed by atoms with Crippen molar-refractivity contribution in [3.05, 3.63) is 59.8 Å². The molecule has 0 unspecified atom stereocenters. The average molecular weight is 379 g/mol. The molecule has 1 heterocycles. The summed E-state index contributed by atoms with van der Waals surface area (Å²) in [5.74, 6) is 0. The number of nitrogen functional groups attached to an aromatic ring is 1. The Hall–Kier alpha value is -2.48. The van der Waals surface area contributed by atoms with Crippen molar-refractivity contribution in [2.45, 2.75) is 60.8 Å². The Morgan fingerprint density at radius 1 is 0.893 bits per heavy atom. The summed E-state index contributed by atoms with van der Waals surface area (Å²) in [4.78, 5) is 0. The highest BCUT2D eigenvalue weighted by atomic mass is 15.0. The fourth-order valence-corrected chi connectivity index (χ4v) is 3.36. The second kappa shape index (κ2) is 10.2. The fourth-order valence-electron chi connectivity index (χ4n) is 3.36. The minimum absolute atomic E-state index is 0.0196. The number of anilines is 1. The van der Waals surface area contributed by atoms with Crippen LogP contribution in [-0.2, 0) is 12.5 Å². The normalized spacial score (nSPS) is 11.0. The number of aromatic nitrogens is 1. The number of fused-ring (bicyclic) bond motifs is 1. The highest BCUT2D eigenvalue weighted by Gasteiger charge is 2.23. The van der Waals surface area contributed by atoms with E-state index in [9.17, 15) is 0 Å². The van der Waals surface area contributed by atoms with E-state index in [1.807, 2.05) is 40.7 Å². The molecule has 0 radical (unpaired) electrons. The van der Waals surface area contributed by atoms with Crippen LogP contribution < -0.4 is 5.73 Å². The van der Waals surface area contributed by atoms with Crippen LogP contribution in [0, 0.1) is 0 Å². The summed E-state index contributed by atoms with van der Waals surface area (Å²) in [6.07, 6.45) is 4.13. The molecule has 0 aliphatic rings. The Balaban J connectivity index is 0.000000921. The quantitative estimate of drug-likeness (QED) is 0.484. The number of nitrogens with two attached hydrogens (primary N) is 1. The molecule has 0 spiro atoms. The molecule has 28 heavy (non-hydrogen) atoms. The maximum absolute atomic E-state index is 6.54. The first-order chi connectivity index (χ1) is 13.3. The van der Waals surface area contributed by atoms with Gasteiger partial charge in [-0.25, -0.2) is 0 Å². The van der Waals surface area contributed by atoms with Gasteiger partial charge in [-0.3, -0.25) is 0 Å². The third-order valence-electron chi connectivity index (χ3n) is 4.63. The molecule has 2 nitrogen and oxygen atoms in total. The minimum atomic E-state index is 0.0196. The van der Waals surface area contributed by atoms with E-state index in [1.165, 1.54) is 27.6 Å². The van der Waals surface area contributed by atoms with Crippen LogP contribution in [0.15, 0.2) is 48.5 Å². The number of hydrogen-bond acceptors (Lipinski definition) is 1. The molecule has 0 bridgehead atoms. The maximum atomic E-state index is 6.54. The van der Waals surface area contributed by atoms with E-state index in [0.29, 0.717) is 0 Å². The maximum Gasteiger partial charge on any atom is 0.0653 e. The fraction of sp³-hybridized carbons (Fsp3) is 0.385. The molecule has 0 saturated heterocycles. The Bertz CT molecular complexity index is 907. The summed E-state index contributed by atoms with van der Waals surface area (Å²) in [5, 5.41) is 1.18. The van der Waals surface area contributed by atoms with E-state index < -0.39 is 0 Å². The van der Waals surface area contributed by atoms with Crippen LogP contribution in [0.4, 0.5) is 5.69 Å². The van der Waals surface area contributed by atoms with Gasteiger partial charge in [-0.2, -0.15) is 0 Å². The van der Waals surface area contributed by atoms with E-state index in [0.717, 1.165) is 11.4 Å². The summed E-state index contributed by atoms with van der Waals surface area (Å²) < 4.78 is 2.20. The van der Waals surface area contributed by atoms with Gasteiger partial charge in [0.05, 0.1) is 16.9 Å². The molecule has 2 heteroatoms. The highest BCUT2D eigenvalue weighted by molar-refractivity contribution is 6.01. The third kappa shape index (κ3) is 4.67. The molecule has 0 fully saturated rings. The van der Waals surface area contributed by atoms with Crippen LogP contribution in [0.2, 0.25) is 0 Å². The van der Waals surface area contributed by atoms with Gasteiger partial charge < -0.3 is 10.3 Å². The number of benzene rings is 2. The molecule has 3 rings (SSSR count). The van der Waals surface area contributed by atoms with E-state index in [1.54, 1.807) is 0 Å². The van der Waals surface area contributed by atoms with Crippen LogP contribution in [0.5, 0.6) is 0 Å². The Morgan fingerprint density at radius 2 is 1.46 bits per heavy atom. The van der Waals surface area contributed by atoms with Gasteiger partial charge in [0.15, 0.2) is 0 Å². The number of aryl methyl sites for hydroxylation is 1. The van der Waals surface area contributed by atoms with Gasteiger partial charge in [-0.1, -0.05) is 84.9 Å². The summed E-state index contributed by atoms with van der Waals surface area (Å²) in [6.45, 7) is 16.8. The van der Waals surface area contributed by atoms with Gasteiger partial charge >= 0.3 is 0 Å². The van der Waals surface area contributed by atoms with Crippen molar-refractivity contribution in [3.63, 3.8) is 0 Å². The monoisotopic (exact) mass is 378 g/mol. The summed E-state index contributed by atoms with van der Waals surface area (Å²) >= 11 is 0. The average Bonchev–Trinajstić information content (AvgIpc) is 2.95. The number of rotatable bonds is 2. The lowest BCUT2D eigenvalue weighted by Crippen LogP contribution is -2.12.